The third-order valence-corrected chi connectivity index (χ3v) is 3.34. The Hall–Kier alpha value is -2.05. The van der Waals surface area contributed by atoms with Crippen molar-refractivity contribution in [2.45, 2.75) is 60.0 Å². The number of carbonyl (C=O) groups is 1. The number of nitrogens with one attached hydrogen (secondary N) is 3. The fourth-order valence-corrected chi connectivity index (χ4v) is 2.34. The summed E-state index contributed by atoms with van der Waals surface area (Å²) in [5, 5.41) is 13.7. The summed E-state index contributed by atoms with van der Waals surface area (Å²) in [6.45, 7) is 13.0. The van der Waals surface area contributed by atoms with Gasteiger partial charge in [0.05, 0.1) is 5.69 Å². The molecule has 0 aliphatic rings. The van der Waals surface area contributed by atoms with Crippen LogP contribution in [0.15, 0.2) is 11.1 Å². The maximum atomic E-state index is 11.6. The zero-order valence-electron chi connectivity index (χ0n) is 15.6. The Bertz CT molecular complexity index is 535. The molecule has 136 valence electrons. The largest absolute Gasteiger partial charge is 0.357 e. The first kappa shape index (κ1) is 20.0. The number of rotatable bonds is 9. The third kappa shape index (κ3) is 7.99. The lowest BCUT2D eigenvalue weighted by atomic mass is 10.3. The molecule has 1 amide bonds. The van der Waals surface area contributed by atoms with E-state index >= 15 is 0 Å². The number of aryl methyl sites for hydroxylation is 3. The molecule has 0 bridgehead atoms. The number of aliphatic imine (C=N–C) groups is 1. The molecule has 1 rings (SSSR count). The van der Waals surface area contributed by atoms with Gasteiger partial charge in [0, 0.05) is 44.3 Å². The Morgan fingerprint density at radius 3 is 2.67 bits per heavy atom. The number of nitrogens with zero attached hydrogens (tertiary/aromatic N) is 3. The molecule has 0 radical (unpaired) electrons. The monoisotopic (exact) mass is 336 g/mol. The van der Waals surface area contributed by atoms with Crippen molar-refractivity contribution in [2.24, 2.45) is 4.99 Å². The van der Waals surface area contributed by atoms with Crippen LogP contribution >= 0.6 is 0 Å². The van der Waals surface area contributed by atoms with Crippen LogP contribution in [0.1, 0.15) is 45.0 Å². The van der Waals surface area contributed by atoms with E-state index < -0.39 is 0 Å². The summed E-state index contributed by atoms with van der Waals surface area (Å²) in [4.78, 5) is 16.2. The molecule has 0 aliphatic carbocycles. The molecule has 0 saturated heterocycles. The van der Waals surface area contributed by atoms with Crippen molar-refractivity contribution < 1.29 is 4.79 Å². The van der Waals surface area contributed by atoms with Crippen molar-refractivity contribution in [2.75, 3.05) is 19.6 Å². The van der Waals surface area contributed by atoms with Gasteiger partial charge in [-0.3, -0.25) is 14.5 Å². The van der Waals surface area contributed by atoms with Gasteiger partial charge < -0.3 is 16.0 Å². The van der Waals surface area contributed by atoms with E-state index in [2.05, 4.69) is 39.0 Å². The van der Waals surface area contributed by atoms with Crippen molar-refractivity contribution in [3.05, 3.63) is 17.5 Å². The van der Waals surface area contributed by atoms with Gasteiger partial charge in [0.1, 0.15) is 0 Å². The van der Waals surface area contributed by atoms with Gasteiger partial charge in [-0.15, -0.1) is 0 Å². The van der Waals surface area contributed by atoms with Crippen LogP contribution < -0.4 is 16.0 Å². The van der Waals surface area contributed by atoms with Gasteiger partial charge in [-0.25, -0.2) is 0 Å². The smallest absolute Gasteiger partial charge is 0.221 e. The van der Waals surface area contributed by atoms with E-state index in [-0.39, 0.29) is 11.9 Å². The minimum Gasteiger partial charge on any atom is -0.357 e. The predicted molar refractivity (Wildman–Crippen MR) is 98.2 cm³/mol. The summed E-state index contributed by atoms with van der Waals surface area (Å²) >= 11 is 0. The summed E-state index contributed by atoms with van der Waals surface area (Å²) in [6, 6.07) is 2.26. The molecular formula is C17H32N6O. The second kappa shape index (κ2) is 10.7. The Balaban J connectivity index is 2.33. The van der Waals surface area contributed by atoms with Gasteiger partial charge in [-0.1, -0.05) is 0 Å². The number of carbonyl (C=O) groups excluding carboxylic acids is 1. The lowest BCUT2D eigenvalue weighted by Crippen LogP contribution is -2.40. The molecule has 24 heavy (non-hydrogen) atoms. The summed E-state index contributed by atoms with van der Waals surface area (Å²) in [5.41, 5.74) is 2.23. The van der Waals surface area contributed by atoms with E-state index in [1.54, 1.807) is 0 Å². The summed E-state index contributed by atoms with van der Waals surface area (Å²) in [6.07, 6.45) is 1.36. The Morgan fingerprint density at radius 1 is 1.33 bits per heavy atom. The number of hydrogen-bond acceptors (Lipinski definition) is 3. The number of amides is 1. The van der Waals surface area contributed by atoms with E-state index in [1.165, 1.54) is 5.69 Å². The van der Waals surface area contributed by atoms with Crippen molar-refractivity contribution in [1.29, 1.82) is 0 Å². The normalized spacial score (nSPS) is 11.7. The molecule has 0 fully saturated rings. The zero-order valence-corrected chi connectivity index (χ0v) is 15.6. The molecule has 3 N–H and O–H groups in total. The third-order valence-electron chi connectivity index (χ3n) is 3.34. The first-order valence-corrected chi connectivity index (χ1v) is 8.75. The number of guanidine groups is 1. The molecule has 0 atom stereocenters. The average Bonchev–Trinajstić information content (AvgIpc) is 2.80. The Kier molecular flexibility index (Phi) is 8.89. The van der Waals surface area contributed by atoms with Gasteiger partial charge >= 0.3 is 0 Å². The van der Waals surface area contributed by atoms with Crippen molar-refractivity contribution in [1.82, 2.24) is 25.7 Å². The van der Waals surface area contributed by atoms with Gasteiger partial charge in [0.25, 0.3) is 0 Å². The number of aromatic nitrogens is 2. The highest BCUT2D eigenvalue weighted by Crippen LogP contribution is 2.02. The molecule has 0 aliphatic heterocycles. The van der Waals surface area contributed by atoms with Gasteiger partial charge in [0.2, 0.25) is 5.91 Å². The first-order chi connectivity index (χ1) is 11.4. The van der Waals surface area contributed by atoms with Crippen LogP contribution in [-0.2, 0) is 11.3 Å². The molecule has 0 aromatic carbocycles. The van der Waals surface area contributed by atoms with Crippen LogP contribution in [0, 0.1) is 13.8 Å². The first-order valence-electron chi connectivity index (χ1n) is 8.75. The zero-order chi connectivity index (χ0) is 17.9. The van der Waals surface area contributed by atoms with Crippen LogP contribution in [0.25, 0.3) is 0 Å². The summed E-state index contributed by atoms with van der Waals surface area (Å²) < 4.78 is 2.02. The Morgan fingerprint density at radius 2 is 2.08 bits per heavy atom. The highest BCUT2D eigenvalue weighted by Gasteiger charge is 2.04. The highest BCUT2D eigenvalue weighted by atomic mass is 16.1. The van der Waals surface area contributed by atoms with Crippen LogP contribution in [0.3, 0.4) is 0 Å². The van der Waals surface area contributed by atoms with Crippen LogP contribution in [0.2, 0.25) is 0 Å². The molecule has 0 spiro atoms. The van der Waals surface area contributed by atoms with E-state index in [4.69, 9.17) is 0 Å². The fourth-order valence-electron chi connectivity index (χ4n) is 2.34. The topological polar surface area (TPSA) is 83.3 Å². The maximum Gasteiger partial charge on any atom is 0.221 e. The van der Waals surface area contributed by atoms with Gasteiger partial charge in [-0.2, -0.15) is 5.10 Å². The lowest BCUT2D eigenvalue weighted by molar-refractivity contribution is -0.121. The minimum absolute atomic E-state index is 0.0536. The standard InChI is InChI=1S/C17H32N6O/c1-6-18-17(20-10-8-16(24)21-13(2)3)19-9-7-11-23-15(5)12-14(4)22-23/h12-13H,6-11H2,1-5H3,(H,21,24)(H2,18,19,20). The van der Waals surface area contributed by atoms with Crippen LogP contribution in [-0.4, -0.2) is 47.3 Å². The highest BCUT2D eigenvalue weighted by molar-refractivity contribution is 5.81. The molecule has 1 aromatic rings. The van der Waals surface area contributed by atoms with E-state index in [1.807, 2.05) is 32.4 Å². The molecule has 0 saturated carbocycles. The Labute approximate surface area is 145 Å². The molecule has 0 unspecified atom stereocenters. The minimum atomic E-state index is 0.0536. The molecule has 7 heteroatoms. The van der Waals surface area contributed by atoms with E-state index in [9.17, 15) is 4.79 Å². The maximum absolute atomic E-state index is 11.6. The van der Waals surface area contributed by atoms with E-state index in [0.29, 0.717) is 19.5 Å². The van der Waals surface area contributed by atoms with Crippen molar-refractivity contribution in [3.63, 3.8) is 0 Å². The van der Waals surface area contributed by atoms with Crippen LogP contribution in [0.4, 0.5) is 0 Å². The molecule has 7 nitrogen and oxygen atoms in total. The second-order valence-electron chi connectivity index (χ2n) is 6.16. The summed E-state index contributed by atoms with van der Waals surface area (Å²) in [5.74, 6) is 0.807. The average molecular weight is 336 g/mol. The number of hydrogen-bond donors (Lipinski definition) is 3. The van der Waals surface area contributed by atoms with E-state index in [0.717, 1.165) is 31.2 Å². The lowest BCUT2D eigenvalue weighted by Gasteiger charge is -2.12. The molecule has 1 heterocycles. The molecular weight excluding hydrogens is 304 g/mol. The van der Waals surface area contributed by atoms with Crippen LogP contribution in [0.5, 0.6) is 0 Å². The SMILES string of the molecule is CCNC(=NCCCn1nc(C)cc1C)NCCC(=O)NC(C)C. The van der Waals surface area contributed by atoms with Crippen molar-refractivity contribution in [3.8, 4) is 0 Å². The fraction of sp³-hybridized carbons (Fsp3) is 0.706. The molecule has 1 aromatic heterocycles. The van der Waals surface area contributed by atoms with Gasteiger partial charge in [0.15, 0.2) is 5.96 Å². The second-order valence-corrected chi connectivity index (χ2v) is 6.16. The van der Waals surface area contributed by atoms with Gasteiger partial charge in [-0.05, 0) is 47.1 Å². The quantitative estimate of drug-likeness (QED) is 0.361. The summed E-state index contributed by atoms with van der Waals surface area (Å²) in [7, 11) is 0. The van der Waals surface area contributed by atoms with Crippen molar-refractivity contribution >= 4 is 11.9 Å². The predicted octanol–water partition coefficient (Wildman–Crippen LogP) is 1.36.